The molecule has 98 valence electrons. The van der Waals surface area contributed by atoms with Crippen molar-refractivity contribution in [1.29, 1.82) is 0 Å². The molecule has 4 nitrogen and oxygen atoms in total. The minimum atomic E-state index is -0.705. The van der Waals surface area contributed by atoms with E-state index in [0.717, 1.165) is 6.07 Å². The van der Waals surface area contributed by atoms with Crippen LogP contribution in [0.5, 0.6) is 0 Å². The summed E-state index contributed by atoms with van der Waals surface area (Å²) >= 11 is 7.56. The molecule has 7 heteroatoms. The van der Waals surface area contributed by atoms with Crippen molar-refractivity contribution in [3.05, 3.63) is 34.6 Å². The molecule has 1 rings (SSSR count). The molecule has 0 saturated heterocycles. The highest BCUT2D eigenvalue weighted by molar-refractivity contribution is 14.1. The first-order valence-corrected chi connectivity index (χ1v) is 6.53. The van der Waals surface area contributed by atoms with Gasteiger partial charge in [-0.05, 0) is 12.1 Å². The van der Waals surface area contributed by atoms with Gasteiger partial charge < -0.3 is 10.1 Å². The van der Waals surface area contributed by atoms with E-state index in [2.05, 4.69) is 10.1 Å². The van der Waals surface area contributed by atoms with Crippen LogP contribution < -0.4 is 5.32 Å². The summed E-state index contributed by atoms with van der Waals surface area (Å²) in [5, 5.41) is 2.45. The minimum absolute atomic E-state index is 0.0237. The van der Waals surface area contributed by atoms with Gasteiger partial charge in [0.15, 0.2) is 0 Å². The normalized spacial score (nSPS) is 11.8. The van der Waals surface area contributed by atoms with Crippen LogP contribution in [0, 0.1) is 5.82 Å². The monoisotopic (exact) mass is 385 g/mol. The van der Waals surface area contributed by atoms with Gasteiger partial charge in [0.05, 0.1) is 17.7 Å². The van der Waals surface area contributed by atoms with Crippen LogP contribution in [0.4, 0.5) is 4.39 Å². The Hall–Kier alpha value is -0.890. The average Bonchev–Trinajstić information content (AvgIpc) is 2.34. The summed E-state index contributed by atoms with van der Waals surface area (Å²) in [6, 6.07) is 3.97. The predicted molar refractivity (Wildman–Crippen MR) is 73.6 cm³/mol. The third-order valence-corrected chi connectivity index (χ3v) is 3.35. The van der Waals surface area contributed by atoms with Crippen LogP contribution in [0.3, 0.4) is 0 Å². The highest BCUT2D eigenvalue weighted by atomic mass is 127. The lowest BCUT2D eigenvalue weighted by Crippen LogP contribution is -2.34. The molecule has 0 aliphatic carbocycles. The number of ether oxygens (including phenoxy) is 1. The van der Waals surface area contributed by atoms with Gasteiger partial charge in [0, 0.05) is 6.54 Å². The quantitative estimate of drug-likeness (QED) is 0.491. The second-order valence-electron chi connectivity index (χ2n) is 3.30. The number of hydrogen-bond acceptors (Lipinski definition) is 3. The van der Waals surface area contributed by atoms with Gasteiger partial charge >= 0.3 is 5.97 Å². The van der Waals surface area contributed by atoms with E-state index in [0.29, 0.717) is 0 Å². The Morgan fingerprint density at radius 2 is 2.22 bits per heavy atom. The zero-order chi connectivity index (χ0) is 13.7. The van der Waals surface area contributed by atoms with Crippen molar-refractivity contribution < 1.29 is 18.7 Å². The molecule has 0 aliphatic heterocycles. The van der Waals surface area contributed by atoms with E-state index in [1.165, 1.54) is 19.2 Å². The lowest BCUT2D eigenvalue weighted by atomic mass is 10.2. The second kappa shape index (κ2) is 6.89. The van der Waals surface area contributed by atoms with Crippen LogP contribution >= 0.6 is 34.2 Å². The second-order valence-corrected chi connectivity index (χ2v) is 5.21. The number of halogens is 3. The van der Waals surface area contributed by atoms with Gasteiger partial charge in [0.1, 0.15) is 9.74 Å². The molecule has 0 radical (unpaired) electrons. The molecule has 1 atom stereocenters. The Morgan fingerprint density at radius 1 is 1.56 bits per heavy atom. The average molecular weight is 386 g/mol. The van der Waals surface area contributed by atoms with E-state index in [1.807, 2.05) is 22.6 Å². The Bertz CT molecular complexity index is 449. The van der Waals surface area contributed by atoms with Crippen molar-refractivity contribution in [2.45, 2.75) is 3.92 Å². The number of alkyl halides is 1. The molecule has 18 heavy (non-hydrogen) atoms. The number of rotatable bonds is 4. The fraction of sp³-hybridized carbons (Fsp3) is 0.273. The summed E-state index contributed by atoms with van der Waals surface area (Å²) in [7, 11) is 1.25. The van der Waals surface area contributed by atoms with E-state index >= 15 is 0 Å². The van der Waals surface area contributed by atoms with E-state index in [9.17, 15) is 14.0 Å². The molecule has 1 N–H and O–H groups in total. The van der Waals surface area contributed by atoms with Crippen LogP contribution in [0.25, 0.3) is 0 Å². The van der Waals surface area contributed by atoms with Gasteiger partial charge in [-0.2, -0.15) is 0 Å². The molecule has 1 aromatic carbocycles. The number of carbonyl (C=O) groups excluding carboxylic acids is 2. The highest BCUT2D eigenvalue weighted by Gasteiger charge is 2.19. The van der Waals surface area contributed by atoms with Crippen molar-refractivity contribution >= 4 is 46.1 Å². The molecule has 0 spiro atoms. The minimum Gasteiger partial charge on any atom is -0.468 e. The van der Waals surface area contributed by atoms with Gasteiger partial charge in [-0.1, -0.05) is 40.3 Å². The molecule has 0 saturated carbocycles. The zero-order valence-corrected chi connectivity index (χ0v) is 12.3. The standard InChI is InChI=1S/C11H10ClFINO3/c1-18-11(17)8(14)5-15-10(16)9-6(12)3-2-4-7(9)13/h2-4,8H,5H2,1H3,(H,15,16). The smallest absolute Gasteiger partial charge is 0.320 e. The molecule has 0 heterocycles. The van der Waals surface area contributed by atoms with Gasteiger partial charge in [0.25, 0.3) is 5.91 Å². The maximum Gasteiger partial charge on any atom is 0.320 e. The van der Waals surface area contributed by atoms with Gasteiger partial charge in [-0.3, -0.25) is 9.59 Å². The largest absolute Gasteiger partial charge is 0.468 e. The number of amides is 1. The summed E-state index contributed by atoms with van der Waals surface area (Å²) in [6.45, 7) is 0.0384. The molecule has 1 amide bonds. The fourth-order valence-electron chi connectivity index (χ4n) is 1.20. The first kappa shape index (κ1) is 15.2. The van der Waals surface area contributed by atoms with Crippen LogP contribution in [0.1, 0.15) is 10.4 Å². The van der Waals surface area contributed by atoms with E-state index < -0.39 is 21.6 Å². The lowest BCUT2D eigenvalue weighted by molar-refractivity contribution is -0.139. The highest BCUT2D eigenvalue weighted by Crippen LogP contribution is 2.18. The van der Waals surface area contributed by atoms with Crippen LogP contribution in [-0.2, 0) is 9.53 Å². The number of esters is 1. The summed E-state index contributed by atoms with van der Waals surface area (Å²) in [5.74, 6) is -1.83. The van der Waals surface area contributed by atoms with Crippen LogP contribution in [0.15, 0.2) is 18.2 Å². The van der Waals surface area contributed by atoms with E-state index in [1.54, 1.807) is 0 Å². The SMILES string of the molecule is COC(=O)C(I)CNC(=O)c1c(F)cccc1Cl. The number of carbonyl (C=O) groups is 2. The molecule has 0 aliphatic rings. The molecule has 1 aromatic rings. The lowest BCUT2D eigenvalue weighted by Gasteiger charge is -2.10. The Morgan fingerprint density at radius 3 is 2.78 bits per heavy atom. The number of methoxy groups -OCH3 is 1. The Labute approximate surface area is 122 Å². The third-order valence-electron chi connectivity index (χ3n) is 2.09. The molecule has 0 bridgehead atoms. The number of nitrogens with one attached hydrogen (secondary N) is 1. The maximum absolute atomic E-state index is 13.4. The van der Waals surface area contributed by atoms with Crippen molar-refractivity contribution in [3.8, 4) is 0 Å². The van der Waals surface area contributed by atoms with Gasteiger partial charge in [-0.25, -0.2) is 4.39 Å². The zero-order valence-electron chi connectivity index (χ0n) is 9.38. The third kappa shape index (κ3) is 3.81. The van der Waals surface area contributed by atoms with E-state index in [-0.39, 0.29) is 17.1 Å². The Kier molecular flexibility index (Phi) is 5.80. The maximum atomic E-state index is 13.4. The molecule has 0 aromatic heterocycles. The van der Waals surface area contributed by atoms with Gasteiger partial charge in [-0.15, -0.1) is 0 Å². The van der Waals surface area contributed by atoms with Gasteiger partial charge in [0.2, 0.25) is 0 Å². The first-order valence-electron chi connectivity index (χ1n) is 4.91. The summed E-state index contributed by atoms with van der Waals surface area (Å²) in [4.78, 5) is 22.8. The van der Waals surface area contributed by atoms with Crippen molar-refractivity contribution in [2.75, 3.05) is 13.7 Å². The summed E-state index contributed by atoms with van der Waals surface area (Å²) in [6.07, 6.45) is 0. The number of benzene rings is 1. The molecule has 0 fully saturated rings. The summed E-state index contributed by atoms with van der Waals surface area (Å²) in [5.41, 5.74) is -0.229. The first-order chi connectivity index (χ1) is 8.47. The fourth-order valence-corrected chi connectivity index (χ4v) is 1.92. The molecular weight excluding hydrogens is 375 g/mol. The van der Waals surface area contributed by atoms with Crippen LogP contribution in [0.2, 0.25) is 5.02 Å². The Balaban J connectivity index is 2.69. The van der Waals surface area contributed by atoms with E-state index in [4.69, 9.17) is 11.6 Å². The van der Waals surface area contributed by atoms with Crippen molar-refractivity contribution in [3.63, 3.8) is 0 Å². The van der Waals surface area contributed by atoms with Crippen molar-refractivity contribution in [1.82, 2.24) is 5.32 Å². The molecule has 1 unspecified atom stereocenters. The molecular formula is C11H10ClFINO3. The van der Waals surface area contributed by atoms with Crippen molar-refractivity contribution in [2.24, 2.45) is 0 Å². The van der Waals surface area contributed by atoms with Crippen LogP contribution in [-0.4, -0.2) is 29.5 Å². The number of hydrogen-bond donors (Lipinski definition) is 1. The topological polar surface area (TPSA) is 55.4 Å². The summed E-state index contributed by atoms with van der Waals surface area (Å²) < 4.78 is 17.4. The predicted octanol–water partition coefficient (Wildman–Crippen LogP) is 2.19.